The van der Waals surface area contributed by atoms with E-state index >= 15 is 0 Å². The van der Waals surface area contributed by atoms with Crippen LogP contribution in [0.5, 0.6) is 0 Å². The number of nitro groups is 1. The fourth-order valence-electron chi connectivity index (χ4n) is 1.51. The van der Waals surface area contributed by atoms with Crippen LogP contribution in [0.3, 0.4) is 0 Å². The average molecular weight is 343 g/mol. The summed E-state index contributed by atoms with van der Waals surface area (Å²) in [5.41, 5.74) is 1.75. The lowest BCUT2D eigenvalue weighted by Crippen LogP contribution is -1.97. The molecule has 0 radical (unpaired) electrons. The van der Waals surface area contributed by atoms with Crippen molar-refractivity contribution >= 4 is 44.7 Å². The molecule has 0 amide bonds. The lowest BCUT2D eigenvalue weighted by Gasteiger charge is -2.08. The van der Waals surface area contributed by atoms with Crippen molar-refractivity contribution in [1.29, 1.82) is 0 Å². The maximum absolute atomic E-state index is 10.8. The third-order valence-electron chi connectivity index (χ3n) is 2.38. The van der Waals surface area contributed by atoms with Gasteiger partial charge in [-0.2, -0.15) is 0 Å². The van der Waals surface area contributed by atoms with Crippen molar-refractivity contribution in [3.05, 3.63) is 55.6 Å². The highest BCUT2D eigenvalue weighted by Gasteiger charge is 2.11. The minimum absolute atomic E-state index is 0.0694. The molecule has 2 rings (SSSR count). The maximum atomic E-state index is 10.8. The van der Waals surface area contributed by atoms with E-state index in [9.17, 15) is 10.1 Å². The Kier molecular flexibility index (Phi) is 4.01. The number of rotatable bonds is 3. The normalized spacial score (nSPS) is 10.3. The summed E-state index contributed by atoms with van der Waals surface area (Å²) in [5, 5.41) is 13.8. The predicted octanol–water partition coefficient (Wildman–Crippen LogP) is 4.46. The van der Waals surface area contributed by atoms with Crippen molar-refractivity contribution in [1.82, 2.24) is 4.98 Å². The number of nitrogens with zero attached hydrogens (tertiary/aromatic N) is 2. The van der Waals surface area contributed by atoms with Crippen LogP contribution in [-0.2, 0) is 0 Å². The van der Waals surface area contributed by atoms with Crippen LogP contribution >= 0.6 is 27.5 Å². The van der Waals surface area contributed by atoms with E-state index < -0.39 is 4.92 Å². The van der Waals surface area contributed by atoms with E-state index in [-0.39, 0.29) is 10.8 Å². The van der Waals surface area contributed by atoms with Crippen LogP contribution in [-0.4, -0.2) is 9.91 Å². The predicted molar refractivity (Wildman–Crippen MR) is 78.1 cm³/mol. The molecule has 0 atom stereocenters. The molecule has 0 aliphatic rings. The van der Waals surface area contributed by atoms with E-state index in [4.69, 9.17) is 11.6 Å². The molecule has 1 aromatic carbocycles. The fourth-order valence-corrected chi connectivity index (χ4v) is 2.31. The van der Waals surface area contributed by atoms with Gasteiger partial charge in [0.05, 0.1) is 22.7 Å². The summed E-state index contributed by atoms with van der Waals surface area (Å²) in [6, 6.07) is 8.25. The summed E-state index contributed by atoms with van der Waals surface area (Å²) in [6.07, 6.45) is 0. The van der Waals surface area contributed by atoms with Gasteiger partial charge in [-0.15, -0.1) is 0 Å². The SMILES string of the molecule is Cc1ccc(Nc2cc([N+](=O)[O-])cc(Cl)n2)c(Br)c1. The number of benzene rings is 1. The summed E-state index contributed by atoms with van der Waals surface area (Å²) in [6.45, 7) is 1.97. The lowest BCUT2D eigenvalue weighted by atomic mass is 10.2. The second-order valence-electron chi connectivity index (χ2n) is 3.90. The van der Waals surface area contributed by atoms with Crippen LogP contribution in [0.4, 0.5) is 17.2 Å². The van der Waals surface area contributed by atoms with Crippen LogP contribution in [0, 0.1) is 17.0 Å². The highest BCUT2D eigenvalue weighted by Crippen LogP contribution is 2.28. The van der Waals surface area contributed by atoms with Crippen molar-refractivity contribution in [3.63, 3.8) is 0 Å². The molecule has 0 saturated carbocycles. The monoisotopic (exact) mass is 341 g/mol. The number of hydrogen-bond donors (Lipinski definition) is 1. The smallest absolute Gasteiger partial charge is 0.276 e. The number of nitrogens with one attached hydrogen (secondary N) is 1. The Balaban J connectivity index is 2.35. The summed E-state index contributed by atoms with van der Waals surface area (Å²) in [5.74, 6) is 0.323. The minimum Gasteiger partial charge on any atom is -0.339 e. The largest absolute Gasteiger partial charge is 0.339 e. The lowest BCUT2D eigenvalue weighted by molar-refractivity contribution is -0.384. The zero-order chi connectivity index (χ0) is 14.0. The van der Waals surface area contributed by atoms with E-state index in [1.54, 1.807) is 0 Å². The second kappa shape index (κ2) is 5.54. The van der Waals surface area contributed by atoms with Crippen molar-refractivity contribution in [2.45, 2.75) is 6.92 Å². The third kappa shape index (κ3) is 3.42. The molecule has 98 valence electrons. The molecule has 19 heavy (non-hydrogen) atoms. The van der Waals surface area contributed by atoms with Gasteiger partial charge < -0.3 is 5.32 Å². The fraction of sp³-hybridized carbons (Fsp3) is 0.0833. The minimum atomic E-state index is -0.511. The van der Waals surface area contributed by atoms with Gasteiger partial charge in [0.15, 0.2) is 0 Å². The van der Waals surface area contributed by atoms with Gasteiger partial charge in [-0.05, 0) is 40.5 Å². The molecule has 1 N–H and O–H groups in total. The topological polar surface area (TPSA) is 68.1 Å². The molecule has 1 aromatic heterocycles. The third-order valence-corrected chi connectivity index (χ3v) is 3.23. The van der Waals surface area contributed by atoms with Crippen molar-refractivity contribution in [2.24, 2.45) is 0 Å². The Labute approximate surface area is 122 Å². The van der Waals surface area contributed by atoms with Gasteiger partial charge in [0.25, 0.3) is 5.69 Å². The highest BCUT2D eigenvalue weighted by atomic mass is 79.9. The number of hydrogen-bond acceptors (Lipinski definition) is 4. The van der Waals surface area contributed by atoms with Crippen molar-refractivity contribution in [3.8, 4) is 0 Å². The Morgan fingerprint density at radius 1 is 1.37 bits per heavy atom. The van der Waals surface area contributed by atoms with Gasteiger partial charge in [-0.3, -0.25) is 10.1 Å². The highest BCUT2D eigenvalue weighted by molar-refractivity contribution is 9.10. The number of pyridine rings is 1. The first-order chi connectivity index (χ1) is 8.95. The molecule has 0 unspecified atom stereocenters. The number of aryl methyl sites for hydroxylation is 1. The molecular weight excluding hydrogens is 334 g/mol. The molecule has 2 aromatic rings. The first kappa shape index (κ1) is 13.8. The molecule has 0 saturated heterocycles. The average Bonchev–Trinajstić information content (AvgIpc) is 2.32. The second-order valence-corrected chi connectivity index (χ2v) is 5.14. The van der Waals surface area contributed by atoms with E-state index in [0.717, 1.165) is 15.7 Å². The molecule has 0 aliphatic heterocycles. The van der Waals surface area contributed by atoms with Gasteiger partial charge >= 0.3 is 0 Å². The van der Waals surface area contributed by atoms with Gasteiger partial charge in [0, 0.05) is 4.47 Å². The van der Waals surface area contributed by atoms with Crippen LogP contribution in [0.2, 0.25) is 5.15 Å². The van der Waals surface area contributed by atoms with E-state index in [0.29, 0.717) is 5.82 Å². The van der Waals surface area contributed by atoms with Gasteiger partial charge in [0.2, 0.25) is 0 Å². The van der Waals surface area contributed by atoms with Gasteiger partial charge in [-0.1, -0.05) is 17.7 Å². The maximum Gasteiger partial charge on any atom is 0.276 e. The summed E-state index contributed by atoms with van der Waals surface area (Å²) < 4.78 is 0.844. The van der Waals surface area contributed by atoms with Gasteiger partial charge in [-0.25, -0.2) is 4.98 Å². The van der Waals surface area contributed by atoms with Crippen molar-refractivity contribution < 1.29 is 4.92 Å². The summed E-state index contributed by atoms with van der Waals surface area (Å²) in [7, 11) is 0. The number of aromatic nitrogens is 1. The molecule has 0 aliphatic carbocycles. The molecule has 0 bridgehead atoms. The Hall–Kier alpha value is -1.66. The molecule has 5 nitrogen and oxygen atoms in total. The van der Waals surface area contributed by atoms with Crippen LogP contribution in [0.15, 0.2) is 34.8 Å². The zero-order valence-corrected chi connectivity index (χ0v) is 12.2. The first-order valence-electron chi connectivity index (χ1n) is 5.31. The van der Waals surface area contributed by atoms with E-state index in [1.807, 2.05) is 25.1 Å². The summed E-state index contributed by atoms with van der Waals surface area (Å²) in [4.78, 5) is 14.2. The summed E-state index contributed by atoms with van der Waals surface area (Å²) >= 11 is 9.17. The molecule has 0 spiro atoms. The zero-order valence-electron chi connectivity index (χ0n) is 9.85. The quantitative estimate of drug-likeness (QED) is 0.508. The van der Waals surface area contributed by atoms with Crippen LogP contribution in [0.1, 0.15) is 5.56 Å². The van der Waals surface area contributed by atoms with E-state index in [2.05, 4.69) is 26.2 Å². The van der Waals surface area contributed by atoms with Crippen LogP contribution < -0.4 is 5.32 Å². The van der Waals surface area contributed by atoms with Crippen LogP contribution in [0.25, 0.3) is 0 Å². The first-order valence-corrected chi connectivity index (χ1v) is 6.48. The molecular formula is C12H9BrClN3O2. The standard InChI is InChI=1S/C12H9BrClN3O2/c1-7-2-3-10(9(13)4-7)15-12-6-8(17(18)19)5-11(14)16-12/h2-6H,1H3,(H,15,16). The van der Waals surface area contributed by atoms with Gasteiger partial charge in [0.1, 0.15) is 11.0 Å². The number of anilines is 2. The van der Waals surface area contributed by atoms with Crippen molar-refractivity contribution in [2.75, 3.05) is 5.32 Å². The Morgan fingerprint density at radius 3 is 2.74 bits per heavy atom. The Morgan fingerprint density at radius 2 is 2.11 bits per heavy atom. The molecule has 1 heterocycles. The molecule has 7 heteroatoms. The molecule has 0 fully saturated rings. The number of halogens is 2. The Bertz CT molecular complexity index is 649. The van der Waals surface area contributed by atoms with E-state index in [1.165, 1.54) is 12.1 Å².